The number of hydrogen-bond donors (Lipinski definition) is 2. The Labute approximate surface area is 172 Å². The second kappa shape index (κ2) is 10.9. The molecule has 0 saturated carbocycles. The highest BCUT2D eigenvalue weighted by Gasteiger charge is 2.26. The first-order valence-corrected chi connectivity index (χ1v) is 10.8. The average molecular weight is 421 g/mol. The molecule has 0 heterocycles. The maximum absolute atomic E-state index is 12.9. The first-order valence-electron chi connectivity index (χ1n) is 9.35. The van der Waals surface area contributed by atoms with E-state index >= 15 is 0 Å². The Morgan fingerprint density at radius 2 is 1.83 bits per heavy atom. The molecule has 1 atom stereocenters. The third-order valence-corrected chi connectivity index (χ3v) is 5.87. The molecule has 0 fully saturated rings. The Morgan fingerprint density at radius 3 is 2.45 bits per heavy atom. The highest BCUT2D eigenvalue weighted by atomic mass is 32.2. The number of aryl methyl sites for hydroxylation is 1. The van der Waals surface area contributed by atoms with Crippen LogP contribution in [0.1, 0.15) is 17.5 Å². The maximum Gasteiger partial charge on any atom is 0.241 e. The summed E-state index contributed by atoms with van der Waals surface area (Å²) in [5.41, 5.74) is 1.55. The Kier molecular flexibility index (Phi) is 8.63. The van der Waals surface area contributed by atoms with Crippen molar-refractivity contribution in [2.75, 3.05) is 27.4 Å². The maximum atomic E-state index is 12.9. The quantitative estimate of drug-likeness (QED) is 0.543. The summed E-state index contributed by atoms with van der Waals surface area (Å²) in [7, 11) is -0.784. The number of carbonyl (C=O) groups is 1. The molecule has 158 valence electrons. The van der Waals surface area contributed by atoms with Gasteiger partial charge in [0, 0.05) is 20.3 Å². The van der Waals surface area contributed by atoms with E-state index in [4.69, 9.17) is 9.47 Å². The molecule has 2 rings (SSSR count). The largest absolute Gasteiger partial charge is 0.496 e. The molecule has 0 aromatic heterocycles. The van der Waals surface area contributed by atoms with E-state index in [1.807, 2.05) is 30.3 Å². The molecule has 0 aliphatic carbocycles. The van der Waals surface area contributed by atoms with Crippen LogP contribution in [0.25, 0.3) is 0 Å². The minimum Gasteiger partial charge on any atom is -0.496 e. The van der Waals surface area contributed by atoms with E-state index in [0.717, 1.165) is 5.56 Å². The van der Waals surface area contributed by atoms with Crippen molar-refractivity contribution in [3.05, 3.63) is 59.7 Å². The van der Waals surface area contributed by atoms with Crippen molar-refractivity contribution < 1.29 is 22.7 Å². The van der Waals surface area contributed by atoms with Gasteiger partial charge in [0.15, 0.2) is 0 Å². The molecule has 1 amide bonds. The summed E-state index contributed by atoms with van der Waals surface area (Å²) in [5, 5.41) is 2.78. The summed E-state index contributed by atoms with van der Waals surface area (Å²) in [6, 6.07) is 12.9. The summed E-state index contributed by atoms with van der Waals surface area (Å²) >= 11 is 0. The van der Waals surface area contributed by atoms with Crippen LogP contribution in [0.2, 0.25) is 0 Å². The van der Waals surface area contributed by atoms with Gasteiger partial charge >= 0.3 is 0 Å². The Morgan fingerprint density at radius 1 is 1.10 bits per heavy atom. The van der Waals surface area contributed by atoms with Crippen LogP contribution >= 0.6 is 0 Å². The molecule has 29 heavy (non-hydrogen) atoms. The number of rotatable bonds is 11. The molecule has 0 spiro atoms. The van der Waals surface area contributed by atoms with E-state index < -0.39 is 16.1 Å². The van der Waals surface area contributed by atoms with Crippen LogP contribution in [-0.2, 0) is 26.0 Å². The minimum atomic E-state index is -3.90. The average Bonchev–Trinajstić information content (AvgIpc) is 2.71. The van der Waals surface area contributed by atoms with Crippen molar-refractivity contribution in [2.24, 2.45) is 0 Å². The summed E-state index contributed by atoms with van der Waals surface area (Å²) in [6.07, 6.45) is 0.885. The summed E-state index contributed by atoms with van der Waals surface area (Å²) in [6.45, 7) is 2.68. The highest BCUT2D eigenvalue weighted by Crippen LogP contribution is 2.21. The zero-order valence-electron chi connectivity index (χ0n) is 17.0. The normalized spacial score (nSPS) is 12.4. The molecule has 0 unspecified atom stereocenters. The van der Waals surface area contributed by atoms with Crippen LogP contribution in [0.5, 0.6) is 5.75 Å². The predicted octanol–water partition coefficient (Wildman–Crippen LogP) is 2.05. The van der Waals surface area contributed by atoms with E-state index in [0.29, 0.717) is 30.9 Å². The van der Waals surface area contributed by atoms with Crippen LogP contribution < -0.4 is 14.8 Å². The zero-order valence-corrected chi connectivity index (χ0v) is 17.8. The van der Waals surface area contributed by atoms with Crippen LogP contribution in [-0.4, -0.2) is 47.7 Å². The lowest BCUT2D eigenvalue weighted by molar-refractivity contribution is -0.122. The molecule has 7 nitrogen and oxygen atoms in total. The van der Waals surface area contributed by atoms with E-state index in [2.05, 4.69) is 10.0 Å². The molecule has 2 N–H and O–H groups in total. The monoisotopic (exact) mass is 420 g/mol. The summed E-state index contributed by atoms with van der Waals surface area (Å²) in [5.74, 6) is 0.222. The number of methoxy groups -OCH3 is 2. The molecule has 0 bridgehead atoms. The predicted molar refractivity (Wildman–Crippen MR) is 111 cm³/mol. The van der Waals surface area contributed by atoms with Crippen LogP contribution in [0.4, 0.5) is 0 Å². The second-order valence-corrected chi connectivity index (χ2v) is 8.35. The van der Waals surface area contributed by atoms with Gasteiger partial charge in [-0.05, 0) is 49.1 Å². The molecular weight excluding hydrogens is 392 g/mol. The van der Waals surface area contributed by atoms with Crippen molar-refractivity contribution in [1.29, 1.82) is 0 Å². The molecule has 2 aromatic carbocycles. The van der Waals surface area contributed by atoms with Crippen molar-refractivity contribution in [3.63, 3.8) is 0 Å². The van der Waals surface area contributed by atoms with Gasteiger partial charge in [0.2, 0.25) is 15.9 Å². The number of benzene rings is 2. The number of carbonyl (C=O) groups excluding carboxylic acids is 1. The Bertz CT molecular complexity index is 901. The van der Waals surface area contributed by atoms with E-state index in [1.165, 1.54) is 19.2 Å². The van der Waals surface area contributed by atoms with E-state index in [-0.39, 0.29) is 17.2 Å². The standard InChI is InChI=1S/C21H28N2O5S/c1-16-14-18(10-11-20(16)28-3)29(25,26)23-19(15-17-8-5-4-6-9-17)21(24)22-12-7-13-27-2/h4-6,8-11,14,19,23H,7,12-13,15H2,1-3H3,(H,22,24)/t19-/m0/s1. The second-order valence-electron chi connectivity index (χ2n) is 6.63. The van der Waals surface area contributed by atoms with Gasteiger partial charge in [0.05, 0.1) is 12.0 Å². The minimum absolute atomic E-state index is 0.0843. The van der Waals surface area contributed by atoms with Gasteiger partial charge in [-0.15, -0.1) is 0 Å². The lowest BCUT2D eigenvalue weighted by Crippen LogP contribution is -2.48. The van der Waals surface area contributed by atoms with Gasteiger partial charge in [-0.2, -0.15) is 4.72 Å². The molecular formula is C21H28N2O5S. The molecule has 0 aliphatic rings. The van der Waals surface area contributed by atoms with Crippen molar-refractivity contribution in [1.82, 2.24) is 10.0 Å². The van der Waals surface area contributed by atoms with Crippen molar-refractivity contribution >= 4 is 15.9 Å². The van der Waals surface area contributed by atoms with Gasteiger partial charge in [-0.3, -0.25) is 4.79 Å². The number of nitrogens with one attached hydrogen (secondary N) is 2. The smallest absolute Gasteiger partial charge is 0.241 e. The number of ether oxygens (including phenoxy) is 2. The first-order chi connectivity index (χ1) is 13.9. The fraction of sp³-hybridized carbons (Fsp3) is 0.381. The molecule has 0 radical (unpaired) electrons. The van der Waals surface area contributed by atoms with E-state index in [1.54, 1.807) is 20.1 Å². The van der Waals surface area contributed by atoms with Gasteiger partial charge in [-0.1, -0.05) is 30.3 Å². The lowest BCUT2D eigenvalue weighted by atomic mass is 10.1. The molecule has 0 saturated heterocycles. The molecule has 2 aromatic rings. The topological polar surface area (TPSA) is 93.7 Å². The number of sulfonamides is 1. The zero-order chi connectivity index (χ0) is 21.3. The Balaban J connectivity index is 2.20. The SMILES string of the molecule is COCCCNC(=O)[C@H](Cc1ccccc1)NS(=O)(=O)c1ccc(OC)c(C)c1. The molecule has 0 aliphatic heterocycles. The number of amides is 1. The fourth-order valence-electron chi connectivity index (χ4n) is 2.86. The van der Waals surface area contributed by atoms with Crippen LogP contribution in [0, 0.1) is 6.92 Å². The van der Waals surface area contributed by atoms with Crippen molar-refractivity contribution in [3.8, 4) is 5.75 Å². The molecule has 8 heteroatoms. The first kappa shape index (κ1) is 22.9. The number of hydrogen-bond acceptors (Lipinski definition) is 5. The van der Waals surface area contributed by atoms with Gasteiger partial charge in [-0.25, -0.2) is 8.42 Å². The lowest BCUT2D eigenvalue weighted by Gasteiger charge is -2.19. The summed E-state index contributed by atoms with van der Waals surface area (Å²) < 4.78 is 38.5. The third-order valence-electron chi connectivity index (χ3n) is 4.40. The van der Waals surface area contributed by atoms with Crippen LogP contribution in [0.3, 0.4) is 0 Å². The van der Waals surface area contributed by atoms with Gasteiger partial charge in [0.25, 0.3) is 0 Å². The highest BCUT2D eigenvalue weighted by molar-refractivity contribution is 7.89. The van der Waals surface area contributed by atoms with Gasteiger partial charge in [0.1, 0.15) is 11.8 Å². The van der Waals surface area contributed by atoms with Crippen molar-refractivity contribution in [2.45, 2.75) is 30.7 Å². The summed E-state index contributed by atoms with van der Waals surface area (Å²) in [4.78, 5) is 12.8. The fourth-order valence-corrected chi connectivity index (χ4v) is 4.14. The van der Waals surface area contributed by atoms with E-state index in [9.17, 15) is 13.2 Å². The van der Waals surface area contributed by atoms with Gasteiger partial charge < -0.3 is 14.8 Å². The third kappa shape index (κ3) is 6.85. The van der Waals surface area contributed by atoms with Crippen LogP contribution in [0.15, 0.2) is 53.4 Å². The Hall–Kier alpha value is -2.42.